The van der Waals surface area contributed by atoms with Gasteiger partial charge in [-0.3, -0.25) is 9.59 Å². The number of anilines is 3. The summed E-state index contributed by atoms with van der Waals surface area (Å²) in [5, 5.41) is 14.7. The van der Waals surface area contributed by atoms with E-state index in [0.717, 1.165) is 6.42 Å². The normalized spacial score (nSPS) is 22.1. The van der Waals surface area contributed by atoms with E-state index in [9.17, 15) is 14.4 Å². The molecule has 3 atom stereocenters. The van der Waals surface area contributed by atoms with Gasteiger partial charge in [0.05, 0.1) is 25.3 Å². The smallest absolute Gasteiger partial charge is 0.404 e. The number of hydrogen-bond acceptors (Lipinski definition) is 8. The van der Waals surface area contributed by atoms with Crippen molar-refractivity contribution in [2.45, 2.75) is 44.8 Å². The van der Waals surface area contributed by atoms with Crippen molar-refractivity contribution >= 4 is 35.4 Å². The monoisotopic (exact) mass is 497 g/mol. The molecular formula is C24H31N7O5. The summed E-state index contributed by atoms with van der Waals surface area (Å²) >= 11 is 0. The van der Waals surface area contributed by atoms with Crippen LogP contribution in [0.15, 0.2) is 30.5 Å². The Hall–Kier alpha value is -3.93. The molecule has 2 fully saturated rings. The van der Waals surface area contributed by atoms with Crippen molar-refractivity contribution in [2.24, 2.45) is 5.73 Å². The van der Waals surface area contributed by atoms with E-state index < -0.39 is 12.0 Å². The van der Waals surface area contributed by atoms with Crippen LogP contribution in [0.5, 0.6) is 0 Å². The zero-order chi connectivity index (χ0) is 25.8. The molecule has 5 N–H and O–H groups in total. The number of amides is 3. The number of nitrogens with two attached hydrogens (primary N) is 1. The molecule has 0 spiro atoms. The second-order valence-corrected chi connectivity index (χ2v) is 9.18. The maximum absolute atomic E-state index is 13.3. The number of carboxylic acid groups (broad SMARTS) is 1. The first-order valence-electron chi connectivity index (χ1n) is 11.9. The van der Waals surface area contributed by atoms with E-state index in [1.54, 1.807) is 24.3 Å². The maximum Gasteiger partial charge on any atom is 0.404 e. The molecule has 0 unspecified atom stereocenters. The van der Waals surface area contributed by atoms with Crippen LogP contribution in [-0.2, 0) is 4.74 Å². The Morgan fingerprint density at radius 2 is 1.94 bits per heavy atom. The van der Waals surface area contributed by atoms with E-state index in [1.165, 1.54) is 6.20 Å². The van der Waals surface area contributed by atoms with Gasteiger partial charge in [-0.05, 0) is 44.9 Å². The number of hydrogen-bond donors (Lipinski definition) is 4. The highest BCUT2D eigenvalue weighted by molar-refractivity contribution is 5.99. The summed E-state index contributed by atoms with van der Waals surface area (Å²) in [6, 6.07) is 6.62. The summed E-state index contributed by atoms with van der Waals surface area (Å²) in [6.07, 6.45) is 1.75. The van der Waals surface area contributed by atoms with Gasteiger partial charge in [0.1, 0.15) is 11.4 Å². The van der Waals surface area contributed by atoms with Crippen LogP contribution in [-0.4, -0.2) is 82.3 Å². The first-order chi connectivity index (χ1) is 17.2. The number of ether oxygens (including phenoxy) is 1. The number of morpholine rings is 1. The van der Waals surface area contributed by atoms with Crippen molar-refractivity contribution in [3.8, 4) is 0 Å². The molecule has 192 valence electrons. The van der Waals surface area contributed by atoms with Crippen LogP contribution in [0, 0.1) is 0 Å². The molecule has 0 bridgehead atoms. The van der Waals surface area contributed by atoms with Gasteiger partial charge in [-0.1, -0.05) is 6.07 Å². The average Bonchev–Trinajstić information content (AvgIpc) is 2.83. The molecule has 2 saturated heterocycles. The van der Waals surface area contributed by atoms with Crippen molar-refractivity contribution in [3.63, 3.8) is 0 Å². The number of benzene rings is 1. The molecule has 1 aromatic carbocycles. The lowest BCUT2D eigenvalue weighted by molar-refractivity contribution is -0.0249. The second kappa shape index (κ2) is 10.8. The molecule has 12 heteroatoms. The van der Waals surface area contributed by atoms with Crippen LogP contribution in [0.2, 0.25) is 0 Å². The van der Waals surface area contributed by atoms with Crippen LogP contribution in [0.25, 0.3) is 0 Å². The highest BCUT2D eigenvalue weighted by Crippen LogP contribution is 2.25. The maximum atomic E-state index is 13.3. The third-order valence-electron chi connectivity index (χ3n) is 6.35. The van der Waals surface area contributed by atoms with Crippen LogP contribution in [0.4, 0.5) is 22.2 Å². The molecule has 3 amide bonds. The minimum atomic E-state index is -1.08. The Balaban J connectivity index is 1.57. The van der Waals surface area contributed by atoms with Gasteiger partial charge in [0.15, 0.2) is 0 Å². The standard InChI is InChI=1S/C24H31N7O5/c1-14-12-36-13-15(2)31(14)22(33)16-5-3-6-17(9-16)27-21-19(20(25)32)10-26-23(29-21)30-8-4-7-18(11-30)28-24(34)35/h3,5-6,9-10,14-15,18,28H,4,7-8,11-13H2,1-2H3,(H2,25,32)(H,34,35)(H,26,27,29)/t14-,15+,18-/m0/s1. The van der Waals surface area contributed by atoms with Crippen molar-refractivity contribution in [1.29, 1.82) is 0 Å². The summed E-state index contributed by atoms with van der Waals surface area (Å²) in [6.45, 7) is 5.93. The van der Waals surface area contributed by atoms with Crippen molar-refractivity contribution in [3.05, 3.63) is 41.6 Å². The Bertz CT molecular complexity index is 1130. The molecule has 2 aliphatic heterocycles. The molecule has 1 aromatic heterocycles. The van der Waals surface area contributed by atoms with Gasteiger partial charge in [0.25, 0.3) is 11.8 Å². The van der Waals surface area contributed by atoms with Crippen LogP contribution >= 0.6 is 0 Å². The lowest BCUT2D eigenvalue weighted by Gasteiger charge is -2.38. The minimum Gasteiger partial charge on any atom is -0.465 e. The molecule has 3 heterocycles. The molecule has 0 aliphatic carbocycles. The fraction of sp³-hybridized carbons (Fsp3) is 0.458. The van der Waals surface area contributed by atoms with Crippen molar-refractivity contribution in [1.82, 2.24) is 20.2 Å². The molecule has 2 aromatic rings. The van der Waals surface area contributed by atoms with Crippen LogP contribution < -0.4 is 21.3 Å². The van der Waals surface area contributed by atoms with E-state index in [1.807, 2.05) is 23.6 Å². The molecule has 2 aliphatic rings. The predicted octanol–water partition coefficient (Wildman–Crippen LogP) is 1.80. The second-order valence-electron chi connectivity index (χ2n) is 9.18. The van der Waals surface area contributed by atoms with E-state index in [0.29, 0.717) is 49.9 Å². The van der Waals surface area contributed by atoms with Crippen molar-refractivity contribution < 1.29 is 24.2 Å². The topological polar surface area (TPSA) is 163 Å². The van der Waals surface area contributed by atoms with Crippen molar-refractivity contribution in [2.75, 3.05) is 36.5 Å². The van der Waals surface area contributed by atoms with Gasteiger partial charge >= 0.3 is 6.09 Å². The van der Waals surface area contributed by atoms with Gasteiger partial charge in [-0.15, -0.1) is 0 Å². The quantitative estimate of drug-likeness (QED) is 0.466. The zero-order valence-electron chi connectivity index (χ0n) is 20.3. The number of piperidine rings is 1. The Morgan fingerprint density at radius 3 is 2.64 bits per heavy atom. The fourth-order valence-corrected chi connectivity index (χ4v) is 4.67. The summed E-state index contributed by atoms with van der Waals surface area (Å²) < 4.78 is 5.53. The summed E-state index contributed by atoms with van der Waals surface area (Å²) in [5.41, 5.74) is 6.71. The highest BCUT2D eigenvalue weighted by Gasteiger charge is 2.30. The van der Waals surface area contributed by atoms with Gasteiger partial charge in [-0.25, -0.2) is 9.78 Å². The number of primary amides is 1. The van der Waals surface area contributed by atoms with E-state index >= 15 is 0 Å². The molecule has 0 radical (unpaired) electrons. The van der Waals surface area contributed by atoms with Crippen LogP contribution in [0.3, 0.4) is 0 Å². The summed E-state index contributed by atoms with van der Waals surface area (Å²) in [7, 11) is 0. The Kier molecular flexibility index (Phi) is 7.53. The number of carbonyl (C=O) groups is 3. The van der Waals surface area contributed by atoms with E-state index in [-0.39, 0.29) is 35.4 Å². The zero-order valence-corrected chi connectivity index (χ0v) is 20.3. The lowest BCUT2D eigenvalue weighted by atomic mass is 10.1. The third-order valence-corrected chi connectivity index (χ3v) is 6.35. The first-order valence-corrected chi connectivity index (χ1v) is 11.9. The van der Waals surface area contributed by atoms with Crippen LogP contribution in [0.1, 0.15) is 47.4 Å². The van der Waals surface area contributed by atoms with Gasteiger partial charge in [0, 0.05) is 36.6 Å². The lowest BCUT2D eigenvalue weighted by Crippen LogP contribution is -2.52. The fourth-order valence-electron chi connectivity index (χ4n) is 4.67. The molecular weight excluding hydrogens is 466 g/mol. The molecule has 36 heavy (non-hydrogen) atoms. The Labute approximate surface area is 208 Å². The SMILES string of the molecule is C[C@@H]1COC[C@H](C)N1C(=O)c1cccc(Nc2nc(N3CCC[C@H](NC(=O)O)C3)ncc2C(N)=O)c1. The van der Waals surface area contributed by atoms with E-state index in [4.69, 9.17) is 15.6 Å². The predicted molar refractivity (Wildman–Crippen MR) is 133 cm³/mol. The number of aromatic nitrogens is 2. The molecule has 4 rings (SSSR count). The number of nitrogens with zero attached hydrogens (tertiary/aromatic N) is 4. The highest BCUT2D eigenvalue weighted by atomic mass is 16.5. The largest absolute Gasteiger partial charge is 0.465 e. The number of carbonyl (C=O) groups excluding carboxylic acids is 2. The molecule has 12 nitrogen and oxygen atoms in total. The Morgan fingerprint density at radius 1 is 1.19 bits per heavy atom. The summed E-state index contributed by atoms with van der Waals surface area (Å²) in [4.78, 5) is 48.9. The average molecular weight is 498 g/mol. The molecule has 0 saturated carbocycles. The van der Waals surface area contributed by atoms with E-state index in [2.05, 4.69) is 20.6 Å². The minimum absolute atomic E-state index is 0.0484. The summed E-state index contributed by atoms with van der Waals surface area (Å²) in [5.74, 6) is -0.247. The first kappa shape index (κ1) is 25.2. The van der Waals surface area contributed by atoms with Gasteiger partial charge in [-0.2, -0.15) is 4.98 Å². The number of nitrogens with one attached hydrogen (secondary N) is 2. The third kappa shape index (κ3) is 5.65. The van der Waals surface area contributed by atoms with Gasteiger partial charge in [0.2, 0.25) is 5.95 Å². The number of rotatable bonds is 6. The van der Waals surface area contributed by atoms with Gasteiger partial charge < -0.3 is 36.0 Å².